The highest BCUT2D eigenvalue weighted by atomic mass is 35.5. The van der Waals surface area contributed by atoms with E-state index in [1.54, 1.807) is 0 Å². The summed E-state index contributed by atoms with van der Waals surface area (Å²) in [6, 6.07) is 35.4. The average molecular weight is 612 g/mol. The Balaban J connectivity index is 1.67. The molecule has 1 heterocycles. The predicted octanol–water partition coefficient (Wildman–Crippen LogP) is 11.5. The summed E-state index contributed by atoms with van der Waals surface area (Å²) in [6.45, 7) is 2.05. The molecule has 0 aliphatic rings. The van der Waals surface area contributed by atoms with Gasteiger partial charge < -0.3 is 0 Å². The Kier molecular flexibility index (Phi) is 7.84. The first-order valence-electron chi connectivity index (χ1n) is 12.9. The van der Waals surface area contributed by atoms with Gasteiger partial charge in [-0.05, 0) is 94.9 Å². The van der Waals surface area contributed by atoms with Crippen LogP contribution in [0.4, 0.5) is 0 Å². The maximum absolute atomic E-state index is 6.66. The quantitative estimate of drug-likeness (QED) is 0.181. The van der Waals surface area contributed by atoms with Gasteiger partial charge in [-0.1, -0.05) is 107 Å². The number of benzene rings is 5. The molecule has 0 aliphatic carbocycles. The van der Waals surface area contributed by atoms with Gasteiger partial charge in [-0.2, -0.15) is 0 Å². The Labute approximate surface area is 258 Å². The van der Waals surface area contributed by atoms with Crippen LogP contribution in [0.3, 0.4) is 0 Å². The number of nitrogens with zero attached hydrogens (tertiary/aromatic N) is 2. The minimum atomic E-state index is 0.609. The molecule has 2 nitrogen and oxygen atoms in total. The van der Waals surface area contributed by atoms with Gasteiger partial charge in [0, 0.05) is 36.6 Å². The molecule has 0 amide bonds. The molecule has 0 saturated carbocycles. The number of aryl methyl sites for hydroxylation is 1. The molecule has 0 aliphatic heterocycles. The Morgan fingerprint density at radius 2 is 1.24 bits per heavy atom. The standard InChI is InChI=1S/C35H22Cl4N2/c1-21-3-2-4-30-33(24-9-15-27(38)16-10-24)35(41-40-34(21)30)29-18-17-28(39)20-32(29)31(23-7-13-26(37)14-8-23)19-22-5-11-25(36)12-6-22/h2-20H,1H3/b31-19+. The van der Waals surface area contributed by atoms with Crippen molar-refractivity contribution in [2.45, 2.75) is 6.92 Å². The van der Waals surface area contributed by atoms with E-state index in [2.05, 4.69) is 12.1 Å². The summed E-state index contributed by atoms with van der Waals surface area (Å²) in [7, 11) is 0. The van der Waals surface area contributed by atoms with Crippen molar-refractivity contribution in [3.05, 3.63) is 152 Å². The van der Waals surface area contributed by atoms with Crippen molar-refractivity contribution in [1.82, 2.24) is 10.2 Å². The number of fused-ring (bicyclic) bond motifs is 1. The fourth-order valence-corrected chi connectivity index (χ4v) is 5.54. The van der Waals surface area contributed by atoms with Gasteiger partial charge in [-0.25, -0.2) is 0 Å². The van der Waals surface area contributed by atoms with Gasteiger partial charge >= 0.3 is 0 Å². The normalized spacial score (nSPS) is 11.7. The third-order valence-corrected chi connectivity index (χ3v) is 7.98. The van der Waals surface area contributed by atoms with E-state index in [1.807, 2.05) is 110 Å². The van der Waals surface area contributed by atoms with Gasteiger partial charge in [-0.15, -0.1) is 10.2 Å². The molecule has 0 bridgehead atoms. The molecule has 0 N–H and O–H groups in total. The summed E-state index contributed by atoms with van der Waals surface area (Å²) in [5.74, 6) is 0. The third kappa shape index (κ3) is 5.75. The molecule has 0 radical (unpaired) electrons. The zero-order valence-corrected chi connectivity index (χ0v) is 24.9. The summed E-state index contributed by atoms with van der Waals surface area (Å²) < 4.78 is 0. The second-order valence-corrected chi connectivity index (χ2v) is 11.5. The lowest BCUT2D eigenvalue weighted by Crippen LogP contribution is -2.00. The molecule has 5 aromatic carbocycles. The van der Waals surface area contributed by atoms with Crippen LogP contribution >= 0.6 is 46.4 Å². The fourth-order valence-electron chi connectivity index (χ4n) is 4.99. The van der Waals surface area contributed by atoms with E-state index in [4.69, 9.17) is 56.6 Å². The largest absolute Gasteiger partial charge is 0.150 e. The molecule has 0 saturated heterocycles. The highest BCUT2D eigenvalue weighted by Gasteiger charge is 2.21. The van der Waals surface area contributed by atoms with Crippen molar-refractivity contribution in [3.8, 4) is 22.4 Å². The van der Waals surface area contributed by atoms with Gasteiger partial charge in [0.05, 0.1) is 5.52 Å². The lowest BCUT2D eigenvalue weighted by molar-refractivity contribution is 1.08. The molecule has 6 heteroatoms. The van der Waals surface area contributed by atoms with Crippen molar-refractivity contribution >= 4 is 69.0 Å². The topological polar surface area (TPSA) is 25.8 Å². The molecule has 0 spiro atoms. The number of halogens is 4. The van der Waals surface area contributed by atoms with E-state index >= 15 is 0 Å². The van der Waals surface area contributed by atoms with Crippen LogP contribution in [0.5, 0.6) is 0 Å². The van der Waals surface area contributed by atoms with E-state index in [1.165, 1.54) is 0 Å². The summed E-state index contributed by atoms with van der Waals surface area (Å²) >= 11 is 25.4. The first-order valence-corrected chi connectivity index (χ1v) is 14.4. The highest BCUT2D eigenvalue weighted by Crippen LogP contribution is 2.42. The van der Waals surface area contributed by atoms with Gasteiger partial charge in [0.25, 0.3) is 0 Å². The smallest absolute Gasteiger partial charge is 0.102 e. The maximum Gasteiger partial charge on any atom is 0.102 e. The average Bonchev–Trinajstić information content (AvgIpc) is 2.98. The Morgan fingerprint density at radius 3 is 1.93 bits per heavy atom. The third-order valence-electron chi connectivity index (χ3n) is 6.99. The second-order valence-electron chi connectivity index (χ2n) is 9.71. The molecule has 6 rings (SSSR count). The van der Waals surface area contributed by atoms with Crippen LogP contribution in [0, 0.1) is 6.92 Å². The fraction of sp³-hybridized carbons (Fsp3) is 0.0286. The number of aromatic nitrogens is 2. The zero-order chi connectivity index (χ0) is 28.5. The molecule has 6 aromatic rings. The molecule has 0 unspecified atom stereocenters. The number of hydrogen-bond acceptors (Lipinski definition) is 2. The highest BCUT2D eigenvalue weighted by molar-refractivity contribution is 6.32. The van der Waals surface area contributed by atoms with Crippen molar-refractivity contribution in [1.29, 1.82) is 0 Å². The van der Waals surface area contributed by atoms with Gasteiger partial charge in [0.2, 0.25) is 0 Å². The van der Waals surface area contributed by atoms with E-state index < -0.39 is 0 Å². The first-order chi connectivity index (χ1) is 19.9. The predicted molar refractivity (Wildman–Crippen MR) is 175 cm³/mol. The summed E-state index contributed by atoms with van der Waals surface area (Å²) in [5, 5.41) is 13.2. The molecule has 1 aromatic heterocycles. The Bertz CT molecular complexity index is 1910. The minimum absolute atomic E-state index is 0.609. The van der Waals surface area contributed by atoms with Gasteiger partial charge in [0.15, 0.2) is 0 Å². The van der Waals surface area contributed by atoms with Crippen LogP contribution < -0.4 is 0 Å². The molecule has 200 valence electrons. The number of hydrogen-bond donors (Lipinski definition) is 0. The molecule has 41 heavy (non-hydrogen) atoms. The Hall–Kier alpha value is -3.66. The van der Waals surface area contributed by atoms with Crippen molar-refractivity contribution in [2.24, 2.45) is 0 Å². The van der Waals surface area contributed by atoms with Crippen molar-refractivity contribution in [2.75, 3.05) is 0 Å². The molecule has 0 fully saturated rings. The van der Waals surface area contributed by atoms with Gasteiger partial charge in [0.1, 0.15) is 5.69 Å². The Morgan fingerprint density at radius 1 is 0.634 bits per heavy atom. The second kappa shape index (κ2) is 11.7. The van der Waals surface area contributed by atoms with E-state index in [9.17, 15) is 0 Å². The maximum atomic E-state index is 6.66. The van der Waals surface area contributed by atoms with Gasteiger partial charge in [-0.3, -0.25) is 0 Å². The summed E-state index contributed by atoms with van der Waals surface area (Å²) in [4.78, 5) is 0. The van der Waals surface area contributed by atoms with Crippen LogP contribution in [-0.2, 0) is 0 Å². The monoisotopic (exact) mass is 610 g/mol. The van der Waals surface area contributed by atoms with E-state index in [0.29, 0.717) is 20.1 Å². The van der Waals surface area contributed by atoms with Crippen LogP contribution in [0.2, 0.25) is 20.1 Å². The molecule has 0 atom stereocenters. The lowest BCUT2D eigenvalue weighted by Gasteiger charge is -2.18. The SMILES string of the molecule is Cc1cccc2c(-c3ccc(Cl)cc3)c(-c3ccc(Cl)cc3/C(=C/c3ccc(Cl)cc3)c3ccc(Cl)cc3)nnc12. The first kappa shape index (κ1) is 27.5. The van der Waals surface area contributed by atoms with Crippen LogP contribution in [0.25, 0.3) is 44.9 Å². The number of rotatable bonds is 5. The zero-order valence-electron chi connectivity index (χ0n) is 21.9. The van der Waals surface area contributed by atoms with E-state index in [-0.39, 0.29) is 0 Å². The van der Waals surface area contributed by atoms with Crippen molar-refractivity contribution < 1.29 is 0 Å². The molecular weight excluding hydrogens is 590 g/mol. The van der Waals surface area contributed by atoms with Crippen LogP contribution in [-0.4, -0.2) is 10.2 Å². The summed E-state index contributed by atoms with van der Waals surface area (Å²) in [6.07, 6.45) is 2.12. The van der Waals surface area contributed by atoms with Crippen LogP contribution in [0.15, 0.2) is 109 Å². The van der Waals surface area contributed by atoms with E-state index in [0.717, 1.165) is 61.1 Å². The molecular formula is C35H22Cl4N2. The van der Waals surface area contributed by atoms with Crippen LogP contribution in [0.1, 0.15) is 22.3 Å². The lowest BCUT2D eigenvalue weighted by atomic mass is 9.88. The minimum Gasteiger partial charge on any atom is -0.150 e. The van der Waals surface area contributed by atoms with Crippen molar-refractivity contribution in [3.63, 3.8) is 0 Å². The summed E-state index contributed by atoms with van der Waals surface area (Å²) in [5.41, 5.74) is 9.34.